The van der Waals surface area contributed by atoms with Crippen molar-refractivity contribution in [1.29, 1.82) is 0 Å². The molecular weight excluding hydrogens is 267 g/mol. The summed E-state index contributed by atoms with van der Waals surface area (Å²) in [6.45, 7) is 1.63. The molecule has 21 heavy (non-hydrogen) atoms. The quantitative estimate of drug-likeness (QED) is 0.817. The molecule has 0 saturated heterocycles. The minimum Gasteiger partial charge on any atom is -0.352 e. The minimum atomic E-state index is -0.375. The van der Waals surface area contributed by atoms with Crippen molar-refractivity contribution < 1.29 is 9.18 Å². The molecule has 4 heteroatoms. The molecule has 1 aliphatic rings. The highest BCUT2D eigenvalue weighted by atomic mass is 19.1. The van der Waals surface area contributed by atoms with E-state index in [4.69, 9.17) is 0 Å². The predicted molar refractivity (Wildman–Crippen MR) is 82.9 cm³/mol. The Kier molecular flexibility index (Phi) is 6.18. The molecule has 1 aromatic rings. The van der Waals surface area contributed by atoms with Crippen molar-refractivity contribution in [2.45, 2.75) is 44.6 Å². The van der Waals surface area contributed by atoms with Crippen LogP contribution >= 0.6 is 0 Å². The van der Waals surface area contributed by atoms with Gasteiger partial charge in [0.25, 0.3) is 5.91 Å². The number of nitrogens with one attached hydrogen (secondary N) is 1. The molecule has 0 spiro atoms. The number of benzene rings is 1. The highest BCUT2D eigenvalue weighted by Crippen LogP contribution is 2.21. The lowest BCUT2D eigenvalue weighted by atomic mass is 9.94. The van der Waals surface area contributed by atoms with Crippen molar-refractivity contribution in [1.82, 2.24) is 10.2 Å². The smallest absolute Gasteiger partial charge is 0.251 e. The van der Waals surface area contributed by atoms with Crippen LogP contribution in [-0.2, 0) is 0 Å². The van der Waals surface area contributed by atoms with Crippen molar-refractivity contribution in [2.24, 2.45) is 0 Å². The van der Waals surface area contributed by atoms with Crippen LogP contribution in [0, 0.1) is 5.82 Å². The third kappa shape index (κ3) is 5.12. The van der Waals surface area contributed by atoms with Crippen molar-refractivity contribution in [3.05, 3.63) is 35.6 Å². The van der Waals surface area contributed by atoms with E-state index in [1.165, 1.54) is 44.2 Å². The molecule has 1 aliphatic carbocycles. The van der Waals surface area contributed by atoms with E-state index < -0.39 is 0 Å². The van der Waals surface area contributed by atoms with Crippen molar-refractivity contribution >= 4 is 5.91 Å². The predicted octanol–water partition coefficient (Wildman–Crippen LogP) is 3.21. The Morgan fingerprint density at radius 2 is 2.10 bits per heavy atom. The Morgan fingerprint density at radius 1 is 1.33 bits per heavy atom. The first-order valence-corrected chi connectivity index (χ1v) is 7.91. The first-order chi connectivity index (χ1) is 10.2. The van der Waals surface area contributed by atoms with E-state index in [0.29, 0.717) is 18.2 Å². The van der Waals surface area contributed by atoms with Gasteiger partial charge in [-0.05, 0) is 51.1 Å². The number of nitrogens with zero attached hydrogens (tertiary/aromatic N) is 1. The summed E-state index contributed by atoms with van der Waals surface area (Å²) in [4.78, 5) is 14.3. The second kappa shape index (κ2) is 8.13. The first kappa shape index (κ1) is 16.0. The molecule has 0 bridgehead atoms. The maximum Gasteiger partial charge on any atom is 0.251 e. The fourth-order valence-electron chi connectivity index (χ4n) is 2.97. The summed E-state index contributed by atoms with van der Waals surface area (Å²) < 4.78 is 13.0. The molecule has 0 unspecified atom stereocenters. The highest BCUT2D eigenvalue weighted by molar-refractivity contribution is 5.94. The molecule has 1 aromatic carbocycles. The Labute approximate surface area is 126 Å². The van der Waals surface area contributed by atoms with Gasteiger partial charge in [-0.1, -0.05) is 25.3 Å². The van der Waals surface area contributed by atoms with Crippen LogP contribution in [0.25, 0.3) is 0 Å². The Hall–Kier alpha value is -1.42. The van der Waals surface area contributed by atoms with Gasteiger partial charge in [-0.3, -0.25) is 4.79 Å². The molecule has 0 heterocycles. The van der Waals surface area contributed by atoms with Crippen LogP contribution in [0.4, 0.5) is 4.39 Å². The maximum atomic E-state index is 13.0. The number of hydrogen-bond acceptors (Lipinski definition) is 2. The summed E-state index contributed by atoms with van der Waals surface area (Å²) in [5.41, 5.74) is 0.385. The normalized spacial score (nSPS) is 16.1. The zero-order valence-electron chi connectivity index (χ0n) is 12.8. The van der Waals surface area contributed by atoms with Crippen molar-refractivity contribution in [3.63, 3.8) is 0 Å². The van der Waals surface area contributed by atoms with Crippen LogP contribution in [0.15, 0.2) is 24.3 Å². The Bertz CT molecular complexity index is 458. The van der Waals surface area contributed by atoms with Crippen molar-refractivity contribution in [3.8, 4) is 0 Å². The average molecular weight is 292 g/mol. The van der Waals surface area contributed by atoms with E-state index >= 15 is 0 Å². The SMILES string of the molecule is CN(CCCNC(=O)c1cccc(F)c1)C1CCCCC1. The van der Waals surface area contributed by atoms with E-state index in [2.05, 4.69) is 17.3 Å². The number of carbonyl (C=O) groups excluding carboxylic acids is 1. The molecule has 2 rings (SSSR count). The van der Waals surface area contributed by atoms with E-state index in [1.807, 2.05) is 0 Å². The monoisotopic (exact) mass is 292 g/mol. The molecule has 0 atom stereocenters. The van der Waals surface area contributed by atoms with Gasteiger partial charge in [0, 0.05) is 18.2 Å². The van der Waals surface area contributed by atoms with Crippen LogP contribution in [-0.4, -0.2) is 37.0 Å². The Morgan fingerprint density at radius 3 is 2.81 bits per heavy atom. The van der Waals surface area contributed by atoms with Gasteiger partial charge in [0.05, 0.1) is 0 Å². The Balaban J connectivity index is 1.66. The number of carbonyl (C=O) groups is 1. The molecule has 1 fully saturated rings. The highest BCUT2D eigenvalue weighted by Gasteiger charge is 2.17. The van der Waals surface area contributed by atoms with Crippen molar-refractivity contribution in [2.75, 3.05) is 20.1 Å². The summed E-state index contributed by atoms with van der Waals surface area (Å²) in [6.07, 6.45) is 7.57. The lowest BCUT2D eigenvalue weighted by molar-refractivity contribution is 0.0950. The van der Waals surface area contributed by atoms with E-state index in [-0.39, 0.29) is 11.7 Å². The van der Waals surface area contributed by atoms with E-state index in [0.717, 1.165) is 13.0 Å². The van der Waals surface area contributed by atoms with Gasteiger partial charge in [-0.25, -0.2) is 4.39 Å². The van der Waals surface area contributed by atoms with Gasteiger partial charge in [0.15, 0.2) is 0 Å². The molecule has 3 nitrogen and oxygen atoms in total. The summed E-state index contributed by atoms with van der Waals surface area (Å²) in [6, 6.07) is 6.50. The lowest BCUT2D eigenvalue weighted by Crippen LogP contribution is -2.35. The van der Waals surface area contributed by atoms with Gasteiger partial charge in [-0.2, -0.15) is 0 Å². The lowest BCUT2D eigenvalue weighted by Gasteiger charge is -2.31. The van der Waals surface area contributed by atoms with Gasteiger partial charge in [0.2, 0.25) is 0 Å². The topological polar surface area (TPSA) is 32.3 Å². The van der Waals surface area contributed by atoms with Gasteiger partial charge >= 0.3 is 0 Å². The number of hydrogen-bond donors (Lipinski definition) is 1. The third-order valence-electron chi connectivity index (χ3n) is 4.26. The molecule has 116 valence electrons. The van der Waals surface area contributed by atoms with Crippen LogP contribution in [0.1, 0.15) is 48.9 Å². The van der Waals surface area contributed by atoms with E-state index in [9.17, 15) is 9.18 Å². The van der Waals surface area contributed by atoms with Crippen LogP contribution in [0.3, 0.4) is 0 Å². The largest absolute Gasteiger partial charge is 0.352 e. The maximum absolute atomic E-state index is 13.0. The van der Waals surface area contributed by atoms with Gasteiger partial charge < -0.3 is 10.2 Å². The molecule has 0 aromatic heterocycles. The zero-order chi connectivity index (χ0) is 15.1. The summed E-state index contributed by atoms with van der Waals surface area (Å²) in [7, 11) is 2.17. The molecule has 1 N–H and O–H groups in total. The van der Waals surface area contributed by atoms with Crippen LogP contribution < -0.4 is 5.32 Å². The molecule has 0 radical (unpaired) electrons. The van der Waals surface area contributed by atoms with E-state index in [1.54, 1.807) is 12.1 Å². The van der Waals surface area contributed by atoms with Gasteiger partial charge in [-0.15, -0.1) is 0 Å². The fraction of sp³-hybridized carbons (Fsp3) is 0.588. The minimum absolute atomic E-state index is 0.199. The number of amides is 1. The molecule has 1 amide bonds. The summed E-state index contributed by atoms with van der Waals surface area (Å²) >= 11 is 0. The summed E-state index contributed by atoms with van der Waals surface area (Å²) in [5, 5.41) is 2.85. The first-order valence-electron chi connectivity index (χ1n) is 7.91. The van der Waals surface area contributed by atoms with Crippen LogP contribution in [0.2, 0.25) is 0 Å². The number of rotatable bonds is 6. The molecule has 1 saturated carbocycles. The molecule has 0 aliphatic heterocycles. The van der Waals surface area contributed by atoms with Gasteiger partial charge in [0.1, 0.15) is 5.82 Å². The second-order valence-electron chi connectivity index (χ2n) is 5.89. The summed E-state index contributed by atoms with van der Waals surface area (Å²) in [5.74, 6) is -0.575. The number of halogens is 1. The zero-order valence-corrected chi connectivity index (χ0v) is 12.8. The van der Waals surface area contributed by atoms with Crippen LogP contribution in [0.5, 0.6) is 0 Å². The third-order valence-corrected chi connectivity index (χ3v) is 4.26. The fourth-order valence-corrected chi connectivity index (χ4v) is 2.97. The molecular formula is C17H25FN2O. The standard InChI is InChI=1S/C17H25FN2O/c1-20(16-9-3-2-4-10-16)12-6-11-19-17(21)14-7-5-8-15(18)13-14/h5,7-8,13,16H,2-4,6,9-12H2,1H3,(H,19,21). The average Bonchev–Trinajstić information content (AvgIpc) is 2.52. The second-order valence-corrected chi connectivity index (χ2v) is 5.89.